The standard InChI is InChI=1S/C15H11ClF2N2O2/c1-2-7-15(17,18)10-5-3-9(4-6-10)11-8-12(13(21)22)20-14(16)19-11/h2-8H,1H3,(H,21,22)/b7-2+. The second-order valence-corrected chi connectivity index (χ2v) is 4.75. The van der Waals surface area contributed by atoms with Crippen LogP contribution < -0.4 is 0 Å². The fourth-order valence-corrected chi connectivity index (χ4v) is 2.03. The zero-order valence-electron chi connectivity index (χ0n) is 11.4. The molecule has 0 atom stereocenters. The van der Waals surface area contributed by atoms with Crippen molar-refractivity contribution in [3.63, 3.8) is 0 Å². The van der Waals surface area contributed by atoms with E-state index < -0.39 is 11.9 Å². The summed E-state index contributed by atoms with van der Waals surface area (Å²) in [5.41, 5.74) is 0.274. The number of alkyl halides is 2. The number of nitrogens with zero attached hydrogens (tertiary/aromatic N) is 2. The zero-order chi connectivity index (χ0) is 16.3. The summed E-state index contributed by atoms with van der Waals surface area (Å²) >= 11 is 5.67. The van der Waals surface area contributed by atoms with E-state index in [0.717, 1.165) is 6.08 Å². The van der Waals surface area contributed by atoms with E-state index in [0.29, 0.717) is 5.56 Å². The normalized spacial score (nSPS) is 11.8. The summed E-state index contributed by atoms with van der Waals surface area (Å²) in [6.45, 7) is 1.51. The average Bonchev–Trinajstić information content (AvgIpc) is 2.46. The van der Waals surface area contributed by atoms with Gasteiger partial charge in [0.2, 0.25) is 5.28 Å². The molecule has 1 N–H and O–H groups in total. The first-order valence-electron chi connectivity index (χ1n) is 6.24. The average molecular weight is 325 g/mol. The quantitative estimate of drug-likeness (QED) is 0.677. The lowest BCUT2D eigenvalue weighted by atomic mass is 10.0. The molecule has 2 aromatic rings. The lowest BCUT2D eigenvalue weighted by Gasteiger charge is -2.12. The number of aromatic carboxylic acids is 1. The number of carbonyl (C=O) groups is 1. The summed E-state index contributed by atoms with van der Waals surface area (Å²) < 4.78 is 27.4. The van der Waals surface area contributed by atoms with E-state index in [2.05, 4.69) is 9.97 Å². The molecule has 0 aliphatic heterocycles. The number of hydrogen-bond acceptors (Lipinski definition) is 3. The molecule has 0 fully saturated rings. The SMILES string of the molecule is C/C=C/C(F)(F)c1ccc(-c2cc(C(=O)O)nc(Cl)n2)cc1. The van der Waals surface area contributed by atoms with Crippen molar-refractivity contribution in [2.24, 2.45) is 0 Å². The van der Waals surface area contributed by atoms with Crippen molar-refractivity contribution in [2.45, 2.75) is 12.8 Å². The molecule has 22 heavy (non-hydrogen) atoms. The first-order valence-corrected chi connectivity index (χ1v) is 6.62. The van der Waals surface area contributed by atoms with Crippen molar-refractivity contribution in [1.29, 1.82) is 0 Å². The van der Waals surface area contributed by atoms with E-state index >= 15 is 0 Å². The Hall–Kier alpha value is -2.34. The summed E-state index contributed by atoms with van der Waals surface area (Å²) in [6.07, 6.45) is 2.07. The van der Waals surface area contributed by atoms with Gasteiger partial charge in [0.25, 0.3) is 5.92 Å². The summed E-state index contributed by atoms with van der Waals surface area (Å²) in [5, 5.41) is 8.71. The first-order chi connectivity index (χ1) is 10.3. The highest BCUT2D eigenvalue weighted by Crippen LogP contribution is 2.31. The molecule has 1 heterocycles. The smallest absolute Gasteiger partial charge is 0.354 e. The maximum atomic E-state index is 13.7. The number of aromatic nitrogens is 2. The minimum absolute atomic E-state index is 0.173. The van der Waals surface area contributed by atoms with Crippen LogP contribution in [0, 0.1) is 0 Å². The highest BCUT2D eigenvalue weighted by molar-refractivity contribution is 6.28. The fraction of sp³-hybridized carbons (Fsp3) is 0.133. The highest BCUT2D eigenvalue weighted by atomic mass is 35.5. The largest absolute Gasteiger partial charge is 0.477 e. The molecule has 4 nitrogen and oxygen atoms in total. The molecule has 0 amide bonds. The second-order valence-electron chi connectivity index (χ2n) is 4.41. The van der Waals surface area contributed by atoms with Gasteiger partial charge >= 0.3 is 5.97 Å². The van der Waals surface area contributed by atoms with Crippen LogP contribution in [0.5, 0.6) is 0 Å². The van der Waals surface area contributed by atoms with Crippen molar-refractivity contribution in [1.82, 2.24) is 9.97 Å². The van der Waals surface area contributed by atoms with E-state index in [1.807, 2.05) is 0 Å². The third-order valence-electron chi connectivity index (χ3n) is 2.86. The topological polar surface area (TPSA) is 63.1 Å². The Bertz CT molecular complexity index is 731. The molecule has 0 aliphatic rings. The fourth-order valence-electron chi connectivity index (χ4n) is 1.84. The predicted octanol–water partition coefficient (Wildman–Crippen LogP) is 4.16. The number of allylic oxidation sites excluding steroid dienone is 2. The van der Waals surface area contributed by atoms with Gasteiger partial charge in [-0.3, -0.25) is 0 Å². The molecule has 7 heteroatoms. The van der Waals surface area contributed by atoms with Gasteiger partial charge in [-0.1, -0.05) is 30.3 Å². The minimum Gasteiger partial charge on any atom is -0.477 e. The van der Waals surface area contributed by atoms with Gasteiger partial charge in [-0.2, -0.15) is 8.78 Å². The minimum atomic E-state index is -3.07. The molecule has 0 aliphatic carbocycles. The summed E-state index contributed by atoms with van der Waals surface area (Å²) in [6, 6.07) is 6.60. The molecular formula is C15H11ClF2N2O2. The molecular weight excluding hydrogens is 314 g/mol. The molecule has 0 unspecified atom stereocenters. The van der Waals surface area contributed by atoms with Gasteiger partial charge in [0.1, 0.15) is 0 Å². The van der Waals surface area contributed by atoms with Crippen LogP contribution >= 0.6 is 11.6 Å². The van der Waals surface area contributed by atoms with E-state index in [1.54, 1.807) is 0 Å². The highest BCUT2D eigenvalue weighted by Gasteiger charge is 2.27. The number of carboxylic acid groups (broad SMARTS) is 1. The van der Waals surface area contributed by atoms with Crippen molar-refractivity contribution >= 4 is 17.6 Å². The Labute approximate surface area is 130 Å². The van der Waals surface area contributed by atoms with Gasteiger partial charge in [-0.05, 0) is 30.7 Å². The summed E-state index contributed by atoms with van der Waals surface area (Å²) in [5.74, 6) is -4.31. The molecule has 0 saturated heterocycles. The van der Waals surface area contributed by atoms with E-state index in [1.165, 1.54) is 43.3 Å². The Morgan fingerprint density at radius 1 is 1.27 bits per heavy atom. The van der Waals surface area contributed by atoms with Crippen molar-refractivity contribution in [3.05, 3.63) is 59.0 Å². The van der Waals surface area contributed by atoms with Crippen LogP contribution in [-0.4, -0.2) is 21.0 Å². The van der Waals surface area contributed by atoms with Crippen molar-refractivity contribution in [2.75, 3.05) is 0 Å². The lowest BCUT2D eigenvalue weighted by molar-refractivity contribution is 0.0520. The molecule has 0 bridgehead atoms. The van der Waals surface area contributed by atoms with Crippen LogP contribution in [0.4, 0.5) is 8.78 Å². The Morgan fingerprint density at radius 2 is 1.91 bits per heavy atom. The summed E-state index contributed by atoms with van der Waals surface area (Å²) in [4.78, 5) is 18.4. The van der Waals surface area contributed by atoms with Gasteiger partial charge in [0, 0.05) is 11.1 Å². The number of halogens is 3. The zero-order valence-corrected chi connectivity index (χ0v) is 12.2. The number of hydrogen-bond donors (Lipinski definition) is 1. The van der Waals surface area contributed by atoms with Gasteiger partial charge < -0.3 is 5.11 Å². The molecule has 0 radical (unpaired) electrons. The van der Waals surface area contributed by atoms with Crippen LogP contribution in [0.15, 0.2) is 42.5 Å². The Kier molecular flexibility index (Phi) is 4.51. The maximum Gasteiger partial charge on any atom is 0.354 e. The molecule has 1 aromatic heterocycles. The van der Waals surface area contributed by atoms with E-state index in [4.69, 9.17) is 16.7 Å². The third-order valence-corrected chi connectivity index (χ3v) is 3.03. The van der Waals surface area contributed by atoms with Crippen LogP contribution in [0.2, 0.25) is 5.28 Å². The van der Waals surface area contributed by atoms with Gasteiger partial charge in [0.15, 0.2) is 5.69 Å². The van der Waals surface area contributed by atoms with Crippen LogP contribution in [-0.2, 0) is 5.92 Å². The van der Waals surface area contributed by atoms with E-state index in [9.17, 15) is 13.6 Å². The monoisotopic (exact) mass is 324 g/mol. The lowest BCUT2D eigenvalue weighted by Crippen LogP contribution is -2.09. The van der Waals surface area contributed by atoms with Crippen molar-refractivity contribution < 1.29 is 18.7 Å². The van der Waals surface area contributed by atoms with Crippen molar-refractivity contribution in [3.8, 4) is 11.3 Å². The Balaban J connectivity index is 2.41. The number of rotatable bonds is 4. The maximum absolute atomic E-state index is 13.7. The van der Waals surface area contributed by atoms with E-state index in [-0.39, 0.29) is 22.2 Å². The number of benzene rings is 1. The Morgan fingerprint density at radius 3 is 2.45 bits per heavy atom. The van der Waals surface area contributed by atoms with Crippen LogP contribution in [0.1, 0.15) is 23.0 Å². The second kappa shape index (κ2) is 6.19. The van der Waals surface area contributed by atoms with Gasteiger partial charge in [-0.25, -0.2) is 14.8 Å². The molecule has 1 aromatic carbocycles. The molecule has 114 valence electrons. The molecule has 0 saturated carbocycles. The van der Waals surface area contributed by atoms with Gasteiger partial charge in [0.05, 0.1) is 5.69 Å². The summed E-state index contributed by atoms with van der Waals surface area (Å²) in [7, 11) is 0. The van der Waals surface area contributed by atoms with Crippen LogP contribution in [0.3, 0.4) is 0 Å². The molecule has 2 rings (SSSR count). The molecule has 0 spiro atoms. The third kappa shape index (κ3) is 3.46. The number of carboxylic acids is 1. The van der Waals surface area contributed by atoms with Gasteiger partial charge in [-0.15, -0.1) is 0 Å². The first kappa shape index (κ1) is 16.0. The van der Waals surface area contributed by atoms with Crippen LogP contribution in [0.25, 0.3) is 11.3 Å². The predicted molar refractivity (Wildman–Crippen MR) is 78.1 cm³/mol.